The number of carbonyl (C=O) groups is 3. The fourth-order valence-corrected chi connectivity index (χ4v) is 1.57. The topological polar surface area (TPSA) is 115 Å². The minimum Gasteiger partial charge on any atom is -0.507 e. The SMILES string of the molecule is CCOC(=O)C(=O)C=C(O)c1cccnc1NC(=O)OC(C)(C)C. The summed E-state index contributed by atoms with van der Waals surface area (Å²) in [5.74, 6) is -2.67. The predicted octanol–water partition coefficient (Wildman–Crippen LogP) is 2.46. The van der Waals surface area contributed by atoms with E-state index in [4.69, 9.17) is 4.74 Å². The van der Waals surface area contributed by atoms with Crippen LogP contribution in [0.3, 0.4) is 0 Å². The van der Waals surface area contributed by atoms with E-state index in [0.717, 1.165) is 0 Å². The van der Waals surface area contributed by atoms with Gasteiger partial charge in [-0.25, -0.2) is 14.6 Å². The van der Waals surface area contributed by atoms with Gasteiger partial charge in [0.2, 0.25) is 0 Å². The second-order valence-electron chi connectivity index (χ2n) is 5.64. The van der Waals surface area contributed by atoms with Gasteiger partial charge in [0.15, 0.2) is 0 Å². The molecule has 0 saturated carbocycles. The summed E-state index contributed by atoms with van der Waals surface area (Å²) in [6.07, 6.45) is 1.32. The maximum absolute atomic E-state index is 11.8. The molecule has 0 spiro atoms. The molecule has 0 aliphatic carbocycles. The highest BCUT2D eigenvalue weighted by atomic mass is 16.6. The Morgan fingerprint density at radius 1 is 1.33 bits per heavy atom. The van der Waals surface area contributed by atoms with E-state index in [1.54, 1.807) is 27.7 Å². The normalized spacial score (nSPS) is 11.6. The first kappa shape index (κ1) is 19.1. The molecule has 2 N–H and O–H groups in total. The van der Waals surface area contributed by atoms with E-state index >= 15 is 0 Å². The molecule has 1 aromatic rings. The monoisotopic (exact) mass is 336 g/mol. The number of ether oxygens (including phenoxy) is 2. The summed E-state index contributed by atoms with van der Waals surface area (Å²) < 4.78 is 9.64. The number of hydrogen-bond donors (Lipinski definition) is 2. The van der Waals surface area contributed by atoms with Crippen LogP contribution in [0, 0.1) is 0 Å². The number of anilines is 1. The highest BCUT2D eigenvalue weighted by molar-refractivity contribution is 6.39. The molecule has 0 radical (unpaired) electrons. The fraction of sp³-hybridized carbons (Fsp3) is 0.375. The second kappa shape index (κ2) is 8.09. The quantitative estimate of drug-likeness (QED) is 0.367. The third kappa shape index (κ3) is 6.07. The van der Waals surface area contributed by atoms with Crippen molar-refractivity contribution in [3.05, 3.63) is 30.0 Å². The van der Waals surface area contributed by atoms with E-state index in [0.29, 0.717) is 6.08 Å². The van der Waals surface area contributed by atoms with Crippen molar-refractivity contribution in [2.24, 2.45) is 0 Å². The minimum absolute atomic E-state index is 0.0165. The lowest BCUT2D eigenvalue weighted by Crippen LogP contribution is -2.27. The van der Waals surface area contributed by atoms with Crippen LogP contribution in [0.15, 0.2) is 24.4 Å². The first-order chi connectivity index (χ1) is 11.1. The van der Waals surface area contributed by atoms with Gasteiger partial charge in [0.05, 0.1) is 12.2 Å². The molecule has 1 amide bonds. The smallest absolute Gasteiger partial charge is 0.413 e. The van der Waals surface area contributed by atoms with E-state index in [9.17, 15) is 19.5 Å². The molecule has 8 heteroatoms. The number of esters is 1. The van der Waals surface area contributed by atoms with E-state index < -0.39 is 29.2 Å². The van der Waals surface area contributed by atoms with Crippen LogP contribution in [0.25, 0.3) is 5.76 Å². The molecule has 1 rings (SSSR count). The molecule has 8 nitrogen and oxygen atoms in total. The Morgan fingerprint density at radius 2 is 2.00 bits per heavy atom. The van der Waals surface area contributed by atoms with Gasteiger partial charge in [-0.05, 0) is 39.8 Å². The van der Waals surface area contributed by atoms with Crippen molar-refractivity contribution in [2.75, 3.05) is 11.9 Å². The largest absolute Gasteiger partial charge is 0.507 e. The van der Waals surface area contributed by atoms with Crippen molar-refractivity contribution in [1.82, 2.24) is 4.98 Å². The first-order valence-corrected chi connectivity index (χ1v) is 7.21. The van der Waals surface area contributed by atoms with Crippen LogP contribution < -0.4 is 5.32 Å². The molecular formula is C16H20N2O6. The fourth-order valence-electron chi connectivity index (χ4n) is 1.57. The van der Waals surface area contributed by atoms with Crippen LogP contribution in [0.5, 0.6) is 0 Å². The van der Waals surface area contributed by atoms with Crippen molar-refractivity contribution >= 4 is 29.4 Å². The van der Waals surface area contributed by atoms with Gasteiger partial charge in [-0.1, -0.05) is 0 Å². The van der Waals surface area contributed by atoms with Gasteiger partial charge in [-0.3, -0.25) is 10.1 Å². The number of rotatable bonds is 5. The highest BCUT2D eigenvalue weighted by Crippen LogP contribution is 2.20. The lowest BCUT2D eigenvalue weighted by molar-refractivity contribution is -0.151. The van der Waals surface area contributed by atoms with Crippen molar-refractivity contribution in [2.45, 2.75) is 33.3 Å². The van der Waals surface area contributed by atoms with Crippen molar-refractivity contribution < 1.29 is 29.0 Å². The first-order valence-electron chi connectivity index (χ1n) is 7.21. The van der Waals surface area contributed by atoms with Crippen LogP contribution >= 0.6 is 0 Å². The van der Waals surface area contributed by atoms with Crippen LogP contribution in [0.2, 0.25) is 0 Å². The number of ketones is 1. The van der Waals surface area contributed by atoms with Gasteiger partial charge < -0.3 is 14.6 Å². The number of carbonyl (C=O) groups excluding carboxylic acids is 3. The molecule has 130 valence electrons. The Kier molecular flexibility index (Phi) is 6.46. The average Bonchev–Trinajstić information content (AvgIpc) is 2.45. The Hall–Kier alpha value is -2.90. The van der Waals surface area contributed by atoms with E-state index in [-0.39, 0.29) is 18.0 Å². The third-order valence-corrected chi connectivity index (χ3v) is 2.45. The summed E-state index contributed by atoms with van der Waals surface area (Å²) in [5.41, 5.74) is -0.655. The van der Waals surface area contributed by atoms with Crippen LogP contribution in [-0.2, 0) is 19.1 Å². The van der Waals surface area contributed by atoms with Gasteiger partial charge >= 0.3 is 12.1 Å². The number of nitrogens with zero attached hydrogens (tertiary/aromatic N) is 1. The van der Waals surface area contributed by atoms with Gasteiger partial charge in [0.25, 0.3) is 5.78 Å². The zero-order valence-electron chi connectivity index (χ0n) is 14.0. The van der Waals surface area contributed by atoms with Crippen molar-refractivity contribution in [3.63, 3.8) is 0 Å². The van der Waals surface area contributed by atoms with Crippen molar-refractivity contribution in [1.29, 1.82) is 0 Å². The van der Waals surface area contributed by atoms with Gasteiger partial charge in [0, 0.05) is 12.3 Å². The molecule has 0 aromatic carbocycles. The number of pyridine rings is 1. The van der Waals surface area contributed by atoms with Gasteiger partial charge in [0.1, 0.15) is 17.2 Å². The molecule has 0 unspecified atom stereocenters. The number of nitrogens with one attached hydrogen (secondary N) is 1. The molecule has 0 bridgehead atoms. The molecule has 24 heavy (non-hydrogen) atoms. The molecule has 0 aliphatic heterocycles. The maximum atomic E-state index is 11.8. The summed E-state index contributed by atoms with van der Waals surface area (Å²) in [5, 5.41) is 12.4. The second-order valence-corrected chi connectivity index (χ2v) is 5.64. The number of aromatic nitrogens is 1. The molecule has 0 saturated heterocycles. The molecule has 1 heterocycles. The van der Waals surface area contributed by atoms with Gasteiger partial charge in [-0.15, -0.1) is 0 Å². The Balaban J connectivity index is 2.99. The lowest BCUT2D eigenvalue weighted by atomic mass is 10.2. The standard InChI is InChI=1S/C16H20N2O6/c1-5-23-14(21)12(20)9-11(19)10-7-6-8-17-13(10)18-15(22)24-16(2,3)4/h6-9,19H,5H2,1-4H3,(H,17,18,22). The number of aliphatic hydroxyl groups excluding tert-OH is 1. The number of amides is 1. The van der Waals surface area contributed by atoms with Crippen LogP contribution in [-0.4, -0.2) is 40.1 Å². The summed E-state index contributed by atoms with van der Waals surface area (Å²) >= 11 is 0. The molecular weight excluding hydrogens is 316 g/mol. The highest BCUT2D eigenvalue weighted by Gasteiger charge is 2.20. The van der Waals surface area contributed by atoms with E-state index in [1.165, 1.54) is 18.3 Å². The lowest BCUT2D eigenvalue weighted by Gasteiger charge is -2.20. The van der Waals surface area contributed by atoms with E-state index in [2.05, 4.69) is 15.0 Å². The summed E-state index contributed by atoms with van der Waals surface area (Å²) in [6, 6.07) is 2.92. The third-order valence-electron chi connectivity index (χ3n) is 2.45. The predicted molar refractivity (Wildman–Crippen MR) is 86.3 cm³/mol. The molecule has 0 atom stereocenters. The average molecular weight is 336 g/mol. The Bertz CT molecular complexity index is 661. The molecule has 0 fully saturated rings. The zero-order valence-corrected chi connectivity index (χ0v) is 14.0. The summed E-state index contributed by atoms with van der Waals surface area (Å²) in [7, 11) is 0. The molecule has 0 aliphatic rings. The Labute approximate surface area is 139 Å². The van der Waals surface area contributed by atoms with Crippen LogP contribution in [0.1, 0.15) is 33.3 Å². The summed E-state index contributed by atoms with van der Waals surface area (Å²) in [4.78, 5) is 38.6. The van der Waals surface area contributed by atoms with Crippen molar-refractivity contribution in [3.8, 4) is 0 Å². The zero-order chi connectivity index (χ0) is 18.3. The van der Waals surface area contributed by atoms with Crippen LogP contribution in [0.4, 0.5) is 10.6 Å². The maximum Gasteiger partial charge on any atom is 0.413 e. The number of aliphatic hydroxyl groups is 1. The van der Waals surface area contributed by atoms with E-state index in [1.807, 2.05) is 0 Å². The summed E-state index contributed by atoms with van der Waals surface area (Å²) in [6.45, 7) is 6.68. The Morgan fingerprint density at radius 3 is 2.58 bits per heavy atom. The van der Waals surface area contributed by atoms with Gasteiger partial charge in [-0.2, -0.15) is 0 Å². The minimum atomic E-state index is -1.09. The number of hydrogen-bond acceptors (Lipinski definition) is 7. The molecule has 1 aromatic heterocycles.